The van der Waals surface area contributed by atoms with Crippen molar-refractivity contribution >= 4 is 12.0 Å². The molecular formula is C12H13NO2. The van der Waals surface area contributed by atoms with E-state index in [9.17, 15) is 9.90 Å². The van der Waals surface area contributed by atoms with Gasteiger partial charge < -0.3 is 5.11 Å². The van der Waals surface area contributed by atoms with Gasteiger partial charge in [0.1, 0.15) is 5.75 Å². The highest BCUT2D eigenvalue weighted by Crippen LogP contribution is 2.21. The number of aryl methyl sites for hydroxylation is 1. The molecule has 1 aromatic carbocycles. The van der Waals surface area contributed by atoms with Crippen LogP contribution in [0.2, 0.25) is 0 Å². The number of carbonyl (C=O) groups excluding carboxylic acids is 1. The standard InChI is InChI=1S/C12H13NO2/c1-7-4-5-9(14)8-6-12(2,3)11(15)13-10(7)8/h4-6,14H,1-3H3. The third-order valence-corrected chi connectivity index (χ3v) is 2.67. The number of hydrogen-bond acceptors (Lipinski definition) is 2. The van der Waals surface area contributed by atoms with Gasteiger partial charge in [0.25, 0.3) is 5.91 Å². The summed E-state index contributed by atoms with van der Waals surface area (Å²) in [6.45, 7) is 5.47. The number of fused-ring (bicyclic) bond motifs is 1. The van der Waals surface area contributed by atoms with Crippen molar-refractivity contribution in [1.29, 1.82) is 0 Å². The van der Waals surface area contributed by atoms with Crippen LogP contribution >= 0.6 is 0 Å². The highest BCUT2D eigenvalue weighted by molar-refractivity contribution is 5.90. The molecule has 0 unspecified atom stereocenters. The Kier molecular flexibility index (Phi) is 1.93. The number of nitrogens with zero attached hydrogens (tertiary/aromatic N) is 1. The molecule has 0 aliphatic carbocycles. The Labute approximate surface area is 87.8 Å². The lowest BCUT2D eigenvalue weighted by atomic mass is 9.89. The number of hydrogen-bond donors (Lipinski definition) is 1. The first-order valence-electron chi connectivity index (χ1n) is 4.86. The van der Waals surface area contributed by atoms with Crippen LogP contribution in [0.25, 0.3) is 6.08 Å². The summed E-state index contributed by atoms with van der Waals surface area (Å²) < 4.78 is 0. The van der Waals surface area contributed by atoms with Gasteiger partial charge in [0.2, 0.25) is 0 Å². The molecule has 0 aromatic heterocycles. The number of benzene rings is 1. The van der Waals surface area contributed by atoms with Crippen LogP contribution in [0.3, 0.4) is 0 Å². The van der Waals surface area contributed by atoms with Gasteiger partial charge in [0.05, 0.1) is 10.8 Å². The lowest BCUT2D eigenvalue weighted by Crippen LogP contribution is -2.39. The molecule has 78 valence electrons. The summed E-state index contributed by atoms with van der Waals surface area (Å²) in [6.07, 6.45) is 1.78. The fraction of sp³-hybridized carbons (Fsp3) is 0.333. The molecule has 0 atom stereocenters. The molecule has 1 aliphatic rings. The third kappa shape index (κ3) is 1.44. The van der Waals surface area contributed by atoms with Gasteiger partial charge in [-0.3, -0.25) is 4.79 Å². The number of phenolic OH excluding ortho intramolecular Hbond substituents is 1. The molecule has 0 spiro atoms. The Morgan fingerprint density at radius 1 is 1.33 bits per heavy atom. The van der Waals surface area contributed by atoms with Gasteiger partial charge >= 0.3 is 0 Å². The normalized spacial score (nSPS) is 17.7. The SMILES string of the molecule is Cc1ccc(O)c2c1=NC(=O)C(C)(C)C=2. The largest absolute Gasteiger partial charge is 0.507 e. The van der Waals surface area contributed by atoms with Crippen LogP contribution < -0.4 is 10.6 Å². The molecule has 15 heavy (non-hydrogen) atoms. The van der Waals surface area contributed by atoms with E-state index in [4.69, 9.17) is 0 Å². The summed E-state index contributed by atoms with van der Waals surface area (Å²) >= 11 is 0. The molecule has 1 aromatic rings. The molecule has 0 bridgehead atoms. The Hall–Kier alpha value is -1.64. The summed E-state index contributed by atoms with van der Waals surface area (Å²) in [7, 11) is 0. The second-order valence-electron chi connectivity index (χ2n) is 4.45. The second kappa shape index (κ2) is 2.92. The Balaban J connectivity index is 2.94. The summed E-state index contributed by atoms with van der Waals surface area (Å²) in [5, 5.41) is 11.0. The molecule has 3 nitrogen and oxygen atoms in total. The van der Waals surface area contributed by atoms with Crippen molar-refractivity contribution in [3.63, 3.8) is 0 Å². The Bertz CT molecular complexity index is 556. The average Bonchev–Trinajstić information content (AvgIpc) is 2.15. The average molecular weight is 203 g/mol. The molecule has 1 aliphatic heterocycles. The van der Waals surface area contributed by atoms with Gasteiger partial charge in [-0.05, 0) is 32.4 Å². The van der Waals surface area contributed by atoms with Crippen LogP contribution in [0, 0.1) is 12.3 Å². The van der Waals surface area contributed by atoms with Crippen LogP contribution in [-0.2, 0) is 4.79 Å². The molecule has 2 rings (SSSR count). The van der Waals surface area contributed by atoms with E-state index in [1.807, 2.05) is 6.92 Å². The predicted molar refractivity (Wildman–Crippen MR) is 56.9 cm³/mol. The van der Waals surface area contributed by atoms with Crippen molar-refractivity contribution < 1.29 is 9.90 Å². The van der Waals surface area contributed by atoms with E-state index in [0.717, 1.165) is 5.56 Å². The zero-order chi connectivity index (χ0) is 11.2. The molecule has 1 amide bonds. The van der Waals surface area contributed by atoms with E-state index in [1.165, 1.54) is 0 Å². The van der Waals surface area contributed by atoms with E-state index in [0.29, 0.717) is 10.6 Å². The quantitative estimate of drug-likeness (QED) is 0.673. The van der Waals surface area contributed by atoms with Gasteiger partial charge in [0.15, 0.2) is 0 Å². The van der Waals surface area contributed by atoms with Crippen LogP contribution in [0.1, 0.15) is 19.4 Å². The first-order chi connectivity index (χ1) is 6.92. The maximum absolute atomic E-state index is 11.7. The summed E-state index contributed by atoms with van der Waals surface area (Å²) in [6, 6.07) is 3.39. The van der Waals surface area contributed by atoms with Crippen molar-refractivity contribution in [2.75, 3.05) is 0 Å². The minimum atomic E-state index is -0.627. The maximum atomic E-state index is 11.7. The van der Waals surface area contributed by atoms with Crippen LogP contribution in [0.5, 0.6) is 5.75 Å². The fourth-order valence-electron chi connectivity index (χ4n) is 1.67. The van der Waals surface area contributed by atoms with Gasteiger partial charge in [-0.2, -0.15) is 0 Å². The molecule has 0 saturated heterocycles. The highest BCUT2D eigenvalue weighted by atomic mass is 16.3. The summed E-state index contributed by atoms with van der Waals surface area (Å²) in [4.78, 5) is 15.7. The lowest BCUT2D eigenvalue weighted by Gasteiger charge is -2.19. The lowest BCUT2D eigenvalue weighted by molar-refractivity contribution is -0.123. The number of amides is 1. The first-order valence-corrected chi connectivity index (χ1v) is 4.86. The minimum Gasteiger partial charge on any atom is -0.507 e. The van der Waals surface area contributed by atoms with Crippen molar-refractivity contribution in [3.05, 3.63) is 28.3 Å². The van der Waals surface area contributed by atoms with E-state index < -0.39 is 5.41 Å². The maximum Gasteiger partial charge on any atom is 0.255 e. The number of phenols is 1. The molecular weight excluding hydrogens is 190 g/mol. The topological polar surface area (TPSA) is 49.7 Å². The number of aromatic hydroxyl groups is 1. The zero-order valence-electron chi connectivity index (χ0n) is 9.03. The van der Waals surface area contributed by atoms with E-state index in [1.54, 1.807) is 32.1 Å². The minimum absolute atomic E-state index is 0.163. The summed E-state index contributed by atoms with van der Waals surface area (Å²) in [5.41, 5.74) is 0.279. The van der Waals surface area contributed by atoms with Crippen LogP contribution in [0.15, 0.2) is 17.1 Å². The first kappa shape index (κ1) is 9.90. The molecule has 0 fully saturated rings. The molecule has 1 N–H and O–H groups in total. The van der Waals surface area contributed by atoms with E-state index >= 15 is 0 Å². The Morgan fingerprint density at radius 3 is 2.67 bits per heavy atom. The van der Waals surface area contributed by atoms with Crippen molar-refractivity contribution in [3.8, 4) is 5.75 Å². The van der Waals surface area contributed by atoms with E-state index in [2.05, 4.69) is 4.99 Å². The van der Waals surface area contributed by atoms with Crippen molar-refractivity contribution in [2.45, 2.75) is 20.8 Å². The number of rotatable bonds is 0. The fourth-order valence-corrected chi connectivity index (χ4v) is 1.67. The highest BCUT2D eigenvalue weighted by Gasteiger charge is 2.27. The number of carbonyl (C=O) groups is 1. The van der Waals surface area contributed by atoms with Gasteiger partial charge in [-0.1, -0.05) is 12.1 Å². The monoisotopic (exact) mass is 203 g/mol. The Morgan fingerprint density at radius 2 is 2.00 bits per heavy atom. The molecule has 3 heteroatoms. The van der Waals surface area contributed by atoms with Gasteiger partial charge in [0, 0.05) is 5.22 Å². The molecule has 0 radical (unpaired) electrons. The molecule has 1 heterocycles. The van der Waals surface area contributed by atoms with E-state index in [-0.39, 0.29) is 11.7 Å². The van der Waals surface area contributed by atoms with Gasteiger partial charge in [-0.15, -0.1) is 0 Å². The van der Waals surface area contributed by atoms with Crippen molar-refractivity contribution in [2.24, 2.45) is 10.4 Å². The summed E-state index contributed by atoms with van der Waals surface area (Å²) in [5.74, 6) is 0.0172. The van der Waals surface area contributed by atoms with Gasteiger partial charge in [-0.25, -0.2) is 4.99 Å². The van der Waals surface area contributed by atoms with Crippen LogP contribution in [0.4, 0.5) is 0 Å². The van der Waals surface area contributed by atoms with Crippen LogP contribution in [-0.4, -0.2) is 11.0 Å². The smallest absolute Gasteiger partial charge is 0.255 e. The third-order valence-electron chi connectivity index (χ3n) is 2.67. The second-order valence-corrected chi connectivity index (χ2v) is 4.45. The van der Waals surface area contributed by atoms with Crippen molar-refractivity contribution in [1.82, 2.24) is 0 Å². The molecule has 0 saturated carbocycles. The zero-order valence-corrected chi connectivity index (χ0v) is 9.03. The predicted octanol–water partition coefficient (Wildman–Crippen LogP) is 0.667.